The maximum Gasteiger partial charge on any atom is 0.124 e. The van der Waals surface area contributed by atoms with Crippen LogP contribution in [-0.4, -0.2) is 29.2 Å². The first-order valence-electron chi connectivity index (χ1n) is 4.13. The van der Waals surface area contributed by atoms with Crippen molar-refractivity contribution in [1.82, 2.24) is 5.48 Å². The second-order valence-electron chi connectivity index (χ2n) is 2.95. The molecule has 0 heterocycles. The summed E-state index contributed by atoms with van der Waals surface area (Å²) in [6.45, 7) is 0. The van der Waals surface area contributed by atoms with Crippen LogP contribution < -0.4 is 21.4 Å². The minimum absolute atomic E-state index is 0.0815. The molecule has 0 amide bonds. The number of quaternary nitrogens is 1. The molecular formula is C7H13N2O5-. The molecule has 2 atom stereocenters. The molecule has 0 aliphatic heterocycles. The largest absolute Gasteiger partial charge is 0.548 e. The summed E-state index contributed by atoms with van der Waals surface area (Å²) < 4.78 is 0. The van der Waals surface area contributed by atoms with Crippen molar-refractivity contribution >= 4 is 11.9 Å². The zero-order chi connectivity index (χ0) is 11.1. The summed E-state index contributed by atoms with van der Waals surface area (Å²) in [7, 11) is 0. The van der Waals surface area contributed by atoms with Crippen molar-refractivity contribution in [3.63, 3.8) is 0 Å². The third-order valence-corrected chi connectivity index (χ3v) is 1.82. The molecule has 0 aromatic carbocycles. The van der Waals surface area contributed by atoms with Crippen molar-refractivity contribution < 1.29 is 30.7 Å². The summed E-state index contributed by atoms with van der Waals surface area (Å²) in [4.78, 5) is 20.5. The van der Waals surface area contributed by atoms with E-state index in [4.69, 9.17) is 5.21 Å². The van der Waals surface area contributed by atoms with Gasteiger partial charge in [-0.3, -0.25) is 0 Å². The second kappa shape index (κ2) is 6.30. The molecule has 0 saturated heterocycles. The third kappa shape index (κ3) is 4.75. The lowest BCUT2D eigenvalue weighted by Crippen LogP contribution is -2.68. The smallest absolute Gasteiger partial charge is 0.124 e. The Kier molecular flexibility index (Phi) is 5.77. The minimum atomic E-state index is -1.43. The molecule has 0 spiro atoms. The predicted octanol–water partition coefficient (Wildman–Crippen LogP) is -4.39. The van der Waals surface area contributed by atoms with Crippen molar-refractivity contribution in [1.29, 1.82) is 0 Å². The average molecular weight is 205 g/mol. The van der Waals surface area contributed by atoms with E-state index < -0.39 is 24.0 Å². The van der Waals surface area contributed by atoms with Gasteiger partial charge in [0.25, 0.3) is 0 Å². The monoisotopic (exact) mass is 205 g/mol. The van der Waals surface area contributed by atoms with Crippen molar-refractivity contribution in [3.8, 4) is 0 Å². The molecule has 0 aromatic heterocycles. The van der Waals surface area contributed by atoms with Crippen LogP contribution in [0.1, 0.15) is 19.3 Å². The Morgan fingerprint density at radius 1 is 1.29 bits per heavy atom. The van der Waals surface area contributed by atoms with Gasteiger partial charge in [0.1, 0.15) is 6.04 Å². The van der Waals surface area contributed by atoms with Gasteiger partial charge >= 0.3 is 0 Å². The van der Waals surface area contributed by atoms with Crippen molar-refractivity contribution in [2.75, 3.05) is 0 Å². The summed E-state index contributed by atoms with van der Waals surface area (Å²) in [6.07, 6.45) is 0.584. The van der Waals surface area contributed by atoms with Crippen LogP contribution in [0, 0.1) is 0 Å². The fourth-order valence-corrected chi connectivity index (χ4v) is 0.921. The lowest BCUT2D eigenvalue weighted by Gasteiger charge is -2.16. The Morgan fingerprint density at radius 3 is 2.21 bits per heavy atom. The summed E-state index contributed by atoms with van der Waals surface area (Å²) in [6, 6.07) is -2.04. The lowest BCUT2D eigenvalue weighted by molar-refractivity contribution is -0.438. The highest BCUT2D eigenvalue weighted by atomic mass is 16.5. The molecule has 0 aliphatic carbocycles. The van der Waals surface area contributed by atoms with Gasteiger partial charge in [-0.1, -0.05) is 0 Å². The number of hydrogen-bond acceptors (Lipinski definition) is 6. The Morgan fingerprint density at radius 2 is 1.86 bits per heavy atom. The Balaban J connectivity index is 3.71. The first-order chi connectivity index (χ1) is 6.49. The molecule has 0 bridgehead atoms. The molecule has 82 valence electrons. The SMILES string of the molecule is [NH3+]C(CCCC(NO)C(=O)[O-])C(=O)[O-]. The average Bonchev–Trinajstić information content (AvgIpc) is 2.11. The maximum atomic E-state index is 10.3. The number of hydroxylamine groups is 1. The summed E-state index contributed by atoms with van der Waals surface area (Å²) in [5.41, 5.74) is 4.86. The van der Waals surface area contributed by atoms with Crippen LogP contribution in [0.15, 0.2) is 0 Å². The molecule has 7 heteroatoms. The van der Waals surface area contributed by atoms with Gasteiger partial charge < -0.3 is 30.7 Å². The molecule has 7 nitrogen and oxygen atoms in total. The van der Waals surface area contributed by atoms with Crippen molar-refractivity contribution in [3.05, 3.63) is 0 Å². The molecule has 0 radical (unpaired) electrons. The first kappa shape index (κ1) is 12.8. The number of carbonyl (C=O) groups excluding carboxylic acids is 2. The fraction of sp³-hybridized carbons (Fsp3) is 0.714. The number of carboxylic acid groups (broad SMARTS) is 2. The van der Waals surface area contributed by atoms with Gasteiger partial charge in [0.15, 0.2) is 0 Å². The van der Waals surface area contributed by atoms with Gasteiger partial charge in [0.05, 0.1) is 18.0 Å². The van der Waals surface area contributed by atoms with E-state index in [1.165, 1.54) is 0 Å². The van der Waals surface area contributed by atoms with E-state index in [-0.39, 0.29) is 12.8 Å². The van der Waals surface area contributed by atoms with E-state index >= 15 is 0 Å². The third-order valence-electron chi connectivity index (χ3n) is 1.82. The summed E-state index contributed by atoms with van der Waals surface area (Å²) >= 11 is 0. The van der Waals surface area contributed by atoms with Gasteiger partial charge in [-0.05, 0) is 12.8 Å². The van der Waals surface area contributed by atoms with Crippen molar-refractivity contribution in [2.24, 2.45) is 0 Å². The highest BCUT2D eigenvalue weighted by Gasteiger charge is 2.11. The molecule has 0 rings (SSSR count). The summed E-state index contributed by atoms with van der Waals surface area (Å²) in [5.74, 6) is -2.70. The first-order valence-corrected chi connectivity index (χ1v) is 4.13. The highest BCUT2D eigenvalue weighted by Crippen LogP contribution is 2.01. The number of nitrogens with one attached hydrogen (secondary N) is 1. The standard InChI is InChI=1S/C7H14N2O5/c8-4(6(10)11)2-1-3-5(9-14)7(12)13/h4-5,9,14H,1-3,8H2,(H,10,11)(H,12,13)/p-1. The number of aliphatic carboxylic acids is 2. The molecule has 2 unspecified atom stereocenters. The van der Waals surface area contributed by atoms with Crippen LogP contribution in [0.25, 0.3) is 0 Å². The van der Waals surface area contributed by atoms with Gasteiger partial charge in [0.2, 0.25) is 0 Å². The predicted molar refractivity (Wildman–Crippen MR) is 39.3 cm³/mol. The van der Waals surface area contributed by atoms with Crippen molar-refractivity contribution in [2.45, 2.75) is 31.3 Å². The second-order valence-corrected chi connectivity index (χ2v) is 2.95. The Bertz CT molecular complexity index is 208. The fourth-order valence-electron chi connectivity index (χ4n) is 0.921. The number of hydrogen-bond donors (Lipinski definition) is 3. The van der Waals surface area contributed by atoms with Gasteiger partial charge in [-0.25, -0.2) is 0 Å². The Hall–Kier alpha value is -1.18. The van der Waals surface area contributed by atoms with Crippen LogP contribution in [-0.2, 0) is 9.59 Å². The van der Waals surface area contributed by atoms with E-state index in [0.717, 1.165) is 0 Å². The van der Waals surface area contributed by atoms with E-state index in [2.05, 4.69) is 5.73 Å². The lowest BCUT2D eigenvalue weighted by atomic mass is 10.1. The number of rotatable bonds is 7. The summed E-state index contributed by atoms with van der Waals surface area (Å²) in [5, 5.41) is 28.8. The zero-order valence-electron chi connectivity index (χ0n) is 7.56. The molecule has 0 fully saturated rings. The number of carboxylic acids is 2. The molecular weight excluding hydrogens is 192 g/mol. The molecule has 0 aliphatic rings. The van der Waals surface area contributed by atoms with Gasteiger partial charge in [-0.15, -0.1) is 0 Å². The quantitative estimate of drug-likeness (QED) is 0.358. The van der Waals surface area contributed by atoms with Gasteiger partial charge in [0, 0.05) is 6.42 Å². The molecule has 14 heavy (non-hydrogen) atoms. The van der Waals surface area contributed by atoms with E-state index in [9.17, 15) is 19.8 Å². The highest BCUT2D eigenvalue weighted by molar-refractivity contribution is 5.71. The normalized spacial score (nSPS) is 14.7. The van der Waals surface area contributed by atoms with Crippen LogP contribution in [0.2, 0.25) is 0 Å². The van der Waals surface area contributed by atoms with Gasteiger partial charge in [-0.2, -0.15) is 5.48 Å². The Labute approximate surface area is 80.5 Å². The maximum absolute atomic E-state index is 10.3. The van der Waals surface area contributed by atoms with Crippen LogP contribution in [0.5, 0.6) is 0 Å². The van der Waals surface area contributed by atoms with E-state index in [1.54, 1.807) is 5.48 Å². The van der Waals surface area contributed by atoms with Crippen LogP contribution >= 0.6 is 0 Å². The molecule has 5 N–H and O–H groups in total. The minimum Gasteiger partial charge on any atom is -0.548 e. The number of carbonyl (C=O) groups is 2. The topological polar surface area (TPSA) is 140 Å². The zero-order valence-corrected chi connectivity index (χ0v) is 7.56. The molecule has 0 saturated carbocycles. The molecule has 0 aromatic rings. The van der Waals surface area contributed by atoms with E-state index in [0.29, 0.717) is 6.42 Å². The van der Waals surface area contributed by atoms with Crippen LogP contribution in [0.3, 0.4) is 0 Å². The van der Waals surface area contributed by atoms with E-state index in [1.807, 2.05) is 0 Å². The van der Waals surface area contributed by atoms with Crippen LogP contribution in [0.4, 0.5) is 0 Å².